The van der Waals surface area contributed by atoms with Gasteiger partial charge < -0.3 is 14.5 Å². The number of nitrogens with zero attached hydrogens (tertiary/aromatic N) is 1. The van der Waals surface area contributed by atoms with E-state index >= 15 is 0 Å². The smallest absolute Gasteiger partial charge is 0.349 e. The number of amides is 1. The standard InChI is InChI=1S/C18H21BrN2O4/c1-11(21-5-7-24-8-6-21)10-20-17(22)16-12(2)14-9-13(19)3-4-15(14)25-18(16)23/h3-4,9,11H,5-8,10H2,1-2H3,(H,20,22)/t11-/m1/s1. The number of aryl methyl sites for hydroxylation is 1. The number of nitrogens with one attached hydrogen (secondary N) is 1. The summed E-state index contributed by atoms with van der Waals surface area (Å²) in [5.41, 5.74) is 0.566. The average Bonchev–Trinajstić information content (AvgIpc) is 2.61. The van der Waals surface area contributed by atoms with Crippen molar-refractivity contribution < 1.29 is 13.9 Å². The van der Waals surface area contributed by atoms with Crippen molar-refractivity contribution in [3.63, 3.8) is 0 Å². The molecule has 134 valence electrons. The number of carbonyl (C=O) groups is 1. The summed E-state index contributed by atoms with van der Waals surface area (Å²) in [6.07, 6.45) is 0. The summed E-state index contributed by atoms with van der Waals surface area (Å²) < 4.78 is 11.5. The van der Waals surface area contributed by atoms with Crippen LogP contribution in [-0.2, 0) is 4.74 Å². The Hall–Kier alpha value is -1.70. The maximum absolute atomic E-state index is 12.6. The van der Waals surface area contributed by atoms with Crippen LogP contribution in [0.25, 0.3) is 11.0 Å². The highest BCUT2D eigenvalue weighted by Gasteiger charge is 2.21. The number of halogens is 1. The van der Waals surface area contributed by atoms with Gasteiger partial charge in [-0.25, -0.2) is 4.79 Å². The number of carbonyl (C=O) groups excluding carboxylic acids is 1. The van der Waals surface area contributed by atoms with Crippen LogP contribution in [0.5, 0.6) is 0 Å². The fraction of sp³-hybridized carbons (Fsp3) is 0.444. The summed E-state index contributed by atoms with van der Waals surface area (Å²) in [6.45, 7) is 7.41. The average molecular weight is 409 g/mol. The summed E-state index contributed by atoms with van der Waals surface area (Å²) in [6, 6.07) is 5.54. The molecular weight excluding hydrogens is 388 g/mol. The van der Waals surface area contributed by atoms with Crippen molar-refractivity contribution in [2.75, 3.05) is 32.8 Å². The van der Waals surface area contributed by atoms with Crippen molar-refractivity contribution in [2.45, 2.75) is 19.9 Å². The molecule has 25 heavy (non-hydrogen) atoms. The van der Waals surface area contributed by atoms with Crippen molar-refractivity contribution in [2.24, 2.45) is 0 Å². The van der Waals surface area contributed by atoms with Gasteiger partial charge in [0.05, 0.1) is 13.2 Å². The Morgan fingerprint density at radius 2 is 2.08 bits per heavy atom. The molecule has 1 fully saturated rings. The zero-order valence-corrected chi connectivity index (χ0v) is 15.9. The molecule has 0 saturated carbocycles. The van der Waals surface area contributed by atoms with Gasteiger partial charge in [0.2, 0.25) is 0 Å². The van der Waals surface area contributed by atoms with Crippen molar-refractivity contribution in [1.82, 2.24) is 10.2 Å². The highest BCUT2D eigenvalue weighted by atomic mass is 79.9. The molecule has 0 unspecified atom stereocenters. The summed E-state index contributed by atoms with van der Waals surface area (Å²) in [5.74, 6) is -0.395. The van der Waals surface area contributed by atoms with Crippen LogP contribution in [0.1, 0.15) is 22.8 Å². The lowest BCUT2D eigenvalue weighted by atomic mass is 10.1. The lowest BCUT2D eigenvalue weighted by molar-refractivity contribution is 0.0204. The Labute approximate surface area is 154 Å². The van der Waals surface area contributed by atoms with Gasteiger partial charge in [0, 0.05) is 35.5 Å². The number of rotatable bonds is 4. The predicted octanol–water partition coefficient (Wildman–Crippen LogP) is 2.31. The van der Waals surface area contributed by atoms with Gasteiger partial charge in [0.25, 0.3) is 5.91 Å². The molecule has 1 aliphatic rings. The predicted molar refractivity (Wildman–Crippen MR) is 99.1 cm³/mol. The normalized spacial score (nSPS) is 16.8. The maximum Gasteiger partial charge on any atom is 0.349 e. The molecule has 0 aliphatic carbocycles. The molecule has 1 aromatic heterocycles. The van der Waals surface area contributed by atoms with E-state index in [-0.39, 0.29) is 11.6 Å². The van der Waals surface area contributed by atoms with Crippen LogP contribution in [0.3, 0.4) is 0 Å². The lowest BCUT2D eigenvalue weighted by Crippen LogP contribution is -2.47. The van der Waals surface area contributed by atoms with E-state index in [1.165, 1.54) is 0 Å². The molecule has 3 rings (SSSR count). The third-order valence-corrected chi connectivity index (χ3v) is 5.07. The minimum atomic E-state index is -0.608. The Balaban J connectivity index is 1.78. The fourth-order valence-corrected chi connectivity index (χ4v) is 3.42. The van der Waals surface area contributed by atoms with E-state index in [0.717, 1.165) is 22.9 Å². The summed E-state index contributed by atoms with van der Waals surface area (Å²) in [5, 5.41) is 3.61. The maximum atomic E-state index is 12.6. The monoisotopic (exact) mass is 408 g/mol. The molecule has 1 N–H and O–H groups in total. The van der Waals surface area contributed by atoms with Crippen molar-refractivity contribution in [1.29, 1.82) is 0 Å². The van der Waals surface area contributed by atoms with Gasteiger partial charge in [-0.1, -0.05) is 15.9 Å². The molecule has 2 heterocycles. The molecule has 1 amide bonds. The molecule has 0 spiro atoms. The number of hydrogen-bond acceptors (Lipinski definition) is 5. The van der Waals surface area contributed by atoms with Crippen molar-refractivity contribution >= 4 is 32.8 Å². The second kappa shape index (κ2) is 7.68. The Morgan fingerprint density at radius 3 is 2.80 bits per heavy atom. The largest absolute Gasteiger partial charge is 0.422 e. The number of fused-ring (bicyclic) bond motifs is 1. The molecule has 1 saturated heterocycles. The van der Waals surface area contributed by atoms with Gasteiger partial charge in [-0.3, -0.25) is 9.69 Å². The number of morpholine rings is 1. The molecule has 6 nitrogen and oxygen atoms in total. The molecule has 1 atom stereocenters. The molecule has 1 aliphatic heterocycles. The molecule has 7 heteroatoms. The van der Waals surface area contributed by atoms with Crippen LogP contribution >= 0.6 is 15.9 Å². The van der Waals surface area contributed by atoms with Crippen LogP contribution in [0.2, 0.25) is 0 Å². The van der Waals surface area contributed by atoms with E-state index in [9.17, 15) is 9.59 Å². The van der Waals surface area contributed by atoms with Gasteiger partial charge >= 0.3 is 5.63 Å². The quantitative estimate of drug-likeness (QED) is 0.785. The third kappa shape index (κ3) is 3.94. The van der Waals surface area contributed by atoms with E-state index in [4.69, 9.17) is 9.15 Å². The second-order valence-corrected chi connectivity index (χ2v) is 7.15. The van der Waals surface area contributed by atoms with Gasteiger partial charge in [-0.05, 0) is 37.6 Å². The Morgan fingerprint density at radius 1 is 1.36 bits per heavy atom. The van der Waals surface area contributed by atoms with Crippen LogP contribution in [0.15, 0.2) is 31.9 Å². The van der Waals surface area contributed by atoms with Crippen LogP contribution in [-0.4, -0.2) is 49.7 Å². The Kier molecular flexibility index (Phi) is 5.56. The van der Waals surface area contributed by atoms with Crippen LogP contribution < -0.4 is 10.9 Å². The van der Waals surface area contributed by atoms with E-state index in [1.807, 2.05) is 6.07 Å². The van der Waals surface area contributed by atoms with Gasteiger partial charge in [0.1, 0.15) is 11.1 Å². The van der Waals surface area contributed by atoms with Gasteiger partial charge in [-0.2, -0.15) is 0 Å². The molecule has 0 bridgehead atoms. The summed E-state index contributed by atoms with van der Waals surface area (Å²) in [7, 11) is 0. The van der Waals surface area contributed by atoms with Crippen molar-refractivity contribution in [3.05, 3.63) is 44.2 Å². The number of ether oxygens (including phenoxy) is 1. The minimum Gasteiger partial charge on any atom is -0.422 e. The van der Waals surface area contributed by atoms with Crippen molar-refractivity contribution in [3.8, 4) is 0 Å². The van der Waals surface area contributed by atoms with E-state index in [1.54, 1.807) is 19.1 Å². The van der Waals surface area contributed by atoms with E-state index in [0.29, 0.717) is 30.9 Å². The van der Waals surface area contributed by atoms with Gasteiger partial charge in [-0.15, -0.1) is 0 Å². The van der Waals surface area contributed by atoms with Gasteiger partial charge in [0.15, 0.2) is 0 Å². The number of hydrogen-bond donors (Lipinski definition) is 1. The molecule has 0 radical (unpaired) electrons. The first-order valence-corrected chi connectivity index (χ1v) is 9.09. The summed E-state index contributed by atoms with van der Waals surface area (Å²) in [4.78, 5) is 27.1. The molecule has 1 aromatic carbocycles. The summed E-state index contributed by atoms with van der Waals surface area (Å²) >= 11 is 3.40. The zero-order valence-electron chi connectivity index (χ0n) is 14.3. The SMILES string of the molecule is Cc1c(C(=O)NC[C@@H](C)N2CCOCC2)c(=O)oc2ccc(Br)cc12. The first-order valence-electron chi connectivity index (χ1n) is 8.30. The number of benzene rings is 1. The topological polar surface area (TPSA) is 71.8 Å². The molecule has 2 aromatic rings. The third-order valence-electron chi connectivity index (χ3n) is 4.58. The highest BCUT2D eigenvalue weighted by molar-refractivity contribution is 9.10. The van der Waals surface area contributed by atoms with E-state index < -0.39 is 11.5 Å². The fourth-order valence-electron chi connectivity index (χ4n) is 3.06. The minimum absolute atomic E-state index is 0.0692. The molecular formula is C18H21BrN2O4. The second-order valence-electron chi connectivity index (χ2n) is 6.24. The lowest BCUT2D eigenvalue weighted by Gasteiger charge is -2.32. The van der Waals surface area contributed by atoms with Crippen LogP contribution in [0.4, 0.5) is 0 Å². The first-order chi connectivity index (χ1) is 12.0. The Bertz CT molecular complexity index is 843. The highest BCUT2D eigenvalue weighted by Crippen LogP contribution is 2.23. The zero-order chi connectivity index (χ0) is 18.0. The first kappa shape index (κ1) is 18.1. The van der Waals surface area contributed by atoms with Crippen LogP contribution in [0, 0.1) is 6.92 Å². The van der Waals surface area contributed by atoms with E-state index in [2.05, 4.69) is 33.1 Å².